The average Bonchev–Trinajstić information content (AvgIpc) is 2.95. The van der Waals surface area contributed by atoms with Gasteiger partial charge in [0.15, 0.2) is 11.5 Å². The summed E-state index contributed by atoms with van der Waals surface area (Å²) >= 11 is 0. The van der Waals surface area contributed by atoms with Gasteiger partial charge in [0.25, 0.3) is 0 Å². The van der Waals surface area contributed by atoms with Gasteiger partial charge in [0.1, 0.15) is 12.3 Å². The van der Waals surface area contributed by atoms with Gasteiger partial charge in [0, 0.05) is 24.1 Å². The number of hydrogen-bond donors (Lipinski definition) is 1. The van der Waals surface area contributed by atoms with Crippen LogP contribution in [-0.2, 0) is 10.2 Å². The molecule has 30 heavy (non-hydrogen) atoms. The van der Waals surface area contributed by atoms with Crippen molar-refractivity contribution in [2.45, 2.75) is 31.3 Å². The quantitative estimate of drug-likeness (QED) is 0.730. The summed E-state index contributed by atoms with van der Waals surface area (Å²) in [5, 5.41) is 3.30. The number of rotatable bonds is 6. The number of carbonyl (C=O) groups is 1. The van der Waals surface area contributed by atoms with E-state index in [1.807, 2.05) is 24.3 Å². The molecule has 2 aromatic carbocycles. The molecule has 0 saturated carbocycles. The summed E-state index contributed by atoms with van der Waals surface area (Å²) < 4.78 is 11.1. The van der Waals surface area contributed by atoms with Crippen LogP contribution in [0.5, 0.6) is 11.5 Å². The molecular formula is C25H28N2O3. The summed E-state index contributed by atoms with van der Waals surface area (Å²) in [6, 6.07) is 14.2. The summed E-state index contributed by atoms with van der Waals surface area (Å²) in [6.07, 6.45) is 6.35. The number of nitrogens with one attached hydrogen (secondary N) is 1. The van der Waals surface area contributed by atoms with Crippen LogP contribution >= 0.6 is 0 Å². The van der Waals surface area contributed by atoms with Gasteiger partial charge in [-0.25, -0.2) is 0 Å². The van der Waals surface area contributed by atoms with E-state index in [4.69, 9.17) is 9.47 Å². The standard InChI is InChI=1S/C25H28N2O3/c1-5-16-30-21-11-10-18(17-22(21)29-4)12-14-25-24(2,3)19-8-6-7-9-20(19)27(25)15-13-23(28)26-25/h5-12,14,17H,1,13,15-16H2,2-4H3,(H,26,28). The van der Waals surface area contributed by atoms with Gasteiger partial charge in [-0.3, -0.25) is 4.79 Å². The number of para-hydroxylation sites is 1. The van der Waals surface area contributed by atoms with Crippen molar-refractivity contribution in [1.82, 2.24) is 5.32 Å². The van der Waals surface area contributed by atoms with E-state index in [-0.39, 0.29) is 11.3 Å². The molecule has 0 spiro atoms. The topological polar surface area (TPSA) is 50.8 Å². The SMILES string of the molecule is C=CCOc1ccc(C=CC23NC(=O)CCN2c2ccccc2C3(C)C)cc1OC. The van der Waals surface area contributed by atoms with Gasteiger partial charge in [-0.05, 0) is 35.4 Å². The Morgan fingerprint density at radius 2 is 2.00 bits per heavy atom. The molecule has 0 radical (unpaired) electrons. The lowest BCUT2D eigenvalue weighted by Gasteiger charge is -2.49. The third-order valence-electron chi connectivity index (χ3n) is 6.20. The highest BCUT2D eigenvalue weighted by Gasteiger charge is 2.57. The maximum atomic E-state index is 12.5. The molecule has 2 aliphatic rings. The largest absolute Gasteiger partial charge is 0.493 e. The Labute approximate surface area is 178 Å². The Balaban J connectivity index is 1.74. The molecule has 0 aromatic heterocycles. The zero-order valence-electron chi connectivity index (χ0n) is 17.8. The average molecular weight is 405 g/mol. The molecule has 1 atom stereocenters. The summed E-state index contributed by atoms with van der Waals surface area (Å²) in [7, 11) is 1.63. The molecule has 5 nitrogen and oxygen atoms in total. The fourth-order valence-corrected chi connectivity index (χ4v) is 4.59. The van der Waals surface area contributed by atoms with E-state index in [2.05, 4.69) is 61.0 Å². The smallest absolute Gasteiger partial charge is 0.223 e. The molecule has 1 N–H and O–H groups in total. The summed E-state index contributed by atoms with van der Waals surface area (Å²) in [5.41, 5.74) is 2.46. The van der Waals surface area contributed by atoms with Crippen LogP contribution < -0.4 is 19.7 Å². The van der Waals surface area contributed by atoms with Crippen LogP contribution in [0.4, 0.5) is 5.69 Å². The van der Waals surface area contributed by atoms with Crippen LogP contribution in [0.25, 0.3) is 6.08 Å². The summed E-state index contributed by atoms with van der Waals surface area (Å²) in [5.74, 6) is 1.41. The van der Waals surface area contributed by atoms with E-state index in [9.17, 15) is 4.79 Å². The van der Waals surface area contributed by atoms with Crippen LogP contribution in [0.2, 0.25) is 0 Å². The predicted octanol–water partition coefficient (Wildman–Crippen LogP) is 4.29. The van der Waals surface area contributed by atoms with Crippen molar-refractivity contribution in [3.63, 3.8) is 0 Å². The van der Waals surface area contributed by atoms with Gasteiger partial charge in [-0.1, -0.05) is 56.8 Å². The van der Waals surface area contributed by atoms with E-state index >= 15 is 0 Å². The van der Waals surface area contributed by atoms with Crippen molar-refractivity contribution in [2.24, 2.45) is 0 Å². The third-order valence-corrected chi connectivity index (χ3v) is 6.20. The monoisotopic (exact) mass is 404 g/mol. The lowest BCUT2D eigenvalue weighted by atomic mass is 9.74. The Kier molecular flexibility index (Phi) is 5.06. The molecule has 1 unspecified atom stereocenters. The minimum Gasteiger partial charge on any atom is -0.493 e. The van der Waals surface area contributed by atoms with Crippen LogP contribution in [0, 0.1) is 0 Å². The molecule has 2 aromatic rings. The molecule has 0 aliphatic carbocycles. The van der Waals surface area contributed by atoms with Crippen molar-refractivity contribution in [3.05, 3.63) is 72.3 Å². The predicted molar refractivity (Wildman–Crippen MR) is 120 cm³/mol. The van der Waals surface area contributed by atoms with Crippen LogP contribution in [0.15, 0.2) is 61.2 Å². The zero-order valence-corrected chi connectivity index (χ0v) is 17.8. The third kappa shape index (κ3) is 3.05. The van der Waals surface area contributed by atoms with Crippen molar-refractivity contribution in [2.75, 3.05) is 25.2 Å². The number of hydrogen-bond acceptors (Lipinski definition) is 4. The molecule has 1 amide bonds. The highest BCUT2D eigenvalue weighted by atomic mass is 16.5. The number of benzene rings is 2. The van der Waals surface area contributed by atoms with Gasteiger partial charge >= 0.3 is 0 Å². The highest BCUT2D eigenvalue weighted by molar-refractivity contribution is 5.84. The molecule has 2 heterocycles. The zero-order chi connectivity index (χ0) is 21.4. The first-order valence-corrected chi connectivity index (χ1v) is 10.2. The Morgan fingerprint density at radius 1 is 1.20 bits per heavy atom. The number of carbonyl (C=O) groups excluding carboxylic acids is 1. The maximum Gasteiger partial charge on any atom is 0.223 e. The van der Waals surface area contributed by atoms with E-state index in [1.165, 1.54) is 11.3 Å². The first kappa shape index (κ1) is 20.1. The normalized spacial score (nSPS) is 21.7. The van der Waals surface area contributed by atoms with Gasteiger partial charge in [0.05, 0.1) is 7.11 Å². The van der Waals surface area contributed by atoms with E-state index in [0.717, 1.165) is 5.56 Å². The van der Waals surface area contributed by atoms with E-state index in [0.29, 0.717) is 31.1 Å². The van der Waals surface area contributed by atoms with Crippen LogP contribution in [-0.4, -0.2) is 31.8 Å². The van der Waals surface area contributed by atoms with Gasteiger partial charge in [0.2, 0.25) is 5.91 Å². The summed E-state index contributed by atoms with van der Waals surface area (Å²) in [6.45, 7) is 9.17. The molecule has 2 aliphatic heterocycles. The van der Waals surface area contributed by atoms with Crippen LogP contribution in [0.1, 0.15) is 31.4 Å². The van der Waals surface area contributed by atoms with Gasteiger partial charge in [-0.2, -0.15) is 0 Å². The molecular weight excluding hydrogens is 376 g/mol. The van der Waals surface area contributed by atoms with Gasteiger partial charge < -0.3 is 19.7 Å². The molecule has 156 valence electrons. The molecule has 5 heteroatoms. The van der Waals surface area contributed by atoms with Crippen molar-refractivity contribution >= 4 is 17.7 Å². The minimum atomic E-state index is -0.628. The number of fused-ring (bicyclic) bond motifs is 3. The fourth-order valence-electron chi connectivity index (χ4n) is 4.59. The molecule has 1 fully saturated rings. The number of ether oxygens (including phenoxy) is 2. The first-order chi connectivity index (χ1) is 14.4. The van der Waals surface area contributed by atoms with E-state index < -0.39 is 5.66 Å². The van der Waals surface area contributed by atoms with Crippen molar-refractivity contribution in [3.8, 4) is 11.5 Å². The number of amides is 1. The second-order valence-electron chi connectivity index (χ2n) is 8.20. The van der Waals surface area contributed by atoms with E-state index in [1.54, 1.807) is 13.2 Å². The maximum absolute atomic E-state index is 12.5. The second kappa shape index (κ2) is 7.56. The number of anilines is 1. The van der Waals surface area contributed by atoms with Gasteiger partial charge in [-0.15, -0.1) is 0 Å². The summed E-state index contributed by atoms with van der Waals surface area (Å²) in [4.78, 5) is 14.8. The van der Waals surface area contributed by atoms with Crippen molar-refractivity contribution in [1.29, 1.82) is 0 Å². The first-order valence-electron chi connectivity index (χ1n) is 10.2. The Bertz CT molecular complexity index is 1010. The van der Waals surface area contributed by atoms with Crippen molar-refractivity contribution < 1.29 is 14.3 Å². The van der Waals surface area contributed by atoms with Crippen LogP contribution in [0.3, 0.4) is 0 Å². The Hall–Kier alpha value is -3.21. The second-order valence-corrected chi connectivity index (χ2v) is 8.20. The Morgan fingerprint density at radius 3 is 2.77 bits per heavy atom. The molecule has 0 bridgehead atoms. The minimum absolute atomic E-state index is 0.0718. The number of nitrogens with zero attached hydrogens (tertiary/aromatic N) is 1. The lowest BCUT2D eigenvalue weighted by molar-refractivity contribution is -0.124. The molecule has 1 saturated heterocycles. The number of methoxy groups -OCH3 is 1. The fraction of sp³-hybridized carbons (Fsp3) is 0.320. The molecule has 4 rings (SSSR count). The highest BCUT2D eigenvalue weighted by Crippen LogP contribution is 2.52. The lowest BCUT2D eigenvalue weighted by Crippen LogP contribution is -2.68.